The first-order valence-electron chi connectivity index (χ1n) is 10.8. The van der Waals surface area contributed by atoms with Gasteiger partial charge in [0.25, 0.3) is 0 Å². The van der Waals surface area contributed by atoms with E-state index in [0.29, 0.717) is 0 Å². The van der Waals surface area contributed by atoms with Gasteiger partial charge in [-0.1, -0.05) is 0 Å². The quantitative estimate of drug-likeness (QED) is 0.110. The van der Waals surface area contributed by atoms with Crippen LogP contribution in [0.1, 0.15) is 32.1 Å². The summed E-state index contributed by atoms with van der Waals surface area (Å²) in [6.07, 6.45) is 11.7. The molecule has 0 saturated heterocycles. The van der Waals surface area contributed by atoms with Gasteiger partial charge in [-0.2, -0.15) is 0 Å². The molecule has 3 aromatic carbocycles. The minimum absolute atomic E-state index is 0.777. The number of benzene rings is 3. The molecule has 0 saturated carbocycles. The van der Waals surface area contributed by atoms with Crippen LogP contribution in [-0.4, -0.2) is 12.0 Å². The SMILES string of the molecule is ClCCCCCCC=CCP(Br)(c1ccccc1)(c1ccccc1)c1ccccc1. The molecule has 0 radical (unpaired) electrons. The number of rotatable bonds is 11. The van der Waals surface area contributed by atoms with Gasteiger partial charge in [0, 0.05) is 0 Å². The fraction of sp³-hybridized carbons (Fsp3) is 0.259. The van der Waals surface area contributed by atoms with E-state index in [-0.39, 0.29) is 0 Å². The summed E-state index contributed by atoms with van der Waals surface area (Å²) in [7, 11) is 0. The molecule has 158 valence electrons. The molecule has 3 heteroatoms. The third kappa shape index (κ3) is 5.08. The van der Waals surface area contributed by atoms with E-state index in [1.807, 2.05) is 0 Å². The second-order valence-electron chi connectivity index (χ2n) is 7.74. The van der Waals surface area contributed by atoms with Crippen LogP contribution in [0.2, 0.25) is 0 Å². The third-order valence-corrected chi connectivity index (χ3v) is 15.6. The summed E-state index contributed by atoms with van der Waals surface area (Å²) in [5.41, 5.74) is 0. The van der Waals surface area contributed by atoms with Crippen LogP contribution < -0.4 is 15.9 Å². The fourth-order valence-corrected chi connectivity index (χ4v) is 11.4. The van der Waals surface area contributed by atoms with Crippen molar-refractivity contribution in [3.63, 3.8) is 0 Å². The summed E-state index contributed by atoms with van der Waals surface area (Å²) < 4.78 is 0. The summed E-state index contributed by atoms with van der Waals surface area (Å²) in [4.78, 5) is 0. The summed E-state index contributed by atoms with van der Waals surface area (Å²) >= 11 is 10.3. The van der Waals surface area contributed by atoms with E-state index >= 15 is 0 Å². The van der Waals surface area contributed by atoms with Crippen molar-refractivity contribution in [1.29, 1.82) is 0 Å². The first kappa shape index (κ1) is 23.3. The van der Waals surface area contributed by atoms with E-state index < -0.39 is 5.31 Å². The van der Waals surface area contributed by atoms with E-state index in [0.717, 1.165) is 24.9 Å². The molecule has 3 rings (SSSR count). The second-order valence-corrected chi connectivity index (χ2v) is 17.1. The molecular formula is C27H31BrClP. The molecule has 0 nitrogen and oxygen atoms in total. The minimum atomic E-state index is -2.81. The van der Waals surface area contributed by atoms with Gasteiger partial charge < -0.3 is 0 Å². The number of unbranched alkanes of at least 4 members (excludes halogenated alkanes) is 4. The molecular weight excluding hydrogens is 471 g/mol. The van der Waals surface area contributed by atoms with E-state index in [4.69, 9.17) is 11.6 Å². The molecule has 0 aliphatic carbocycles. The van der Waals surface area contributed by atoms with Gasteiger partial charge in [-0.15, -0.1) is 0 Å². The second kappa shape index (κ2) is 11.3. The molecule has 0 spiro atoms. The molecule has 0 aromatic heterocycles. The summed E-state index contributed by atoms with van der Waals surface area (Å²) in [6.45, 7) is 0. The zero-order valence-corrected chi connectivity index (χ0v) is 20.7. The van der Waals surface area contributed by atoms with Crippen LogP contribution >= 0.6 is 32.4 Å². The van der Waals surface area contributed by atoms with E-state index in [1.165, 1.54) is 35.2 Å². The van der Waals surface area contributed by atoms with Crippen LogP contribution in [0.25, 0.3) is 0 Å². The summed E-state index contributed by atoms with van der Waals surface area (Å²) in [5, 5.41) is 1.30. The van der Waals surface area contributed by atoms with Gasteiger partial charge >= 0.3 is 196 Å². The number of hydrogen-bond donors (Lipinski definition) is 0. The van der Waals surface area contributed by atoms with Gasteiger partial charge in [-0.25, -0.2) is 0 Å². The normalized spacial score (nSPS) is 13.2. The van der Waals surface area contributed by atoms with Crippen molar-refractivity contribution in [1.82, 2.24) is 0 Å². The van der Waals surface area contributed by atoms with E-state index in [1.54, 1.807) is 0 Å². The Morgan fingerprint density at radius 3 is 1.47 bits per heavy atom. The standard InChI is InChI=1S/C27H31BrClP/c28-30(25-17-9-6-10-18-25,26-19-11-7-12-20-26,27-21-13-8-14-22-27)24-16-5-3-1-2-4-15-23-29/h5-14,16-22H,1-4,15,23-24H2. The summed E-state index contributed by atoms with van der Waals surface area (Å²) in [6, 6.07) is 33.0. The van der Waals surface area contributed by atoms with Gasteiger partial charge in [-0.05, 0) is 0 Å². The van der Waals surface area contributed by atoms with E-state index in [9.17, 15) is 0 Å². The van der Waals surface area contributed by atoms with Crippen LogP contribution in [0.3, 0.4) is 0 Å². The predicted molar refractivity (Wildman–Crippen MR) is 142 cm³/mol. The van der Waals surface area contributed by atoms with Crippen LogP contribution in [0.4, 0.5) is 0 Å². The number of hydrogen-bond acceptors (Lipinski definition) is 0. The topological polar surface area (TPSA) is 0 Å². The van der Waals surface area contributed by atoms with Gasteiger partial charge in [0.1, 0.15) is 0 Å². The van der Waals surface area contributed by atoms with Gasteiger partial charge in [0.05, 0.1) is 0 Å². The van der Waals surface area contributed by atoms with Crippen molar-refractivity contribution in [3.8, 4) is 0 Å². The Morgan fingerprint density at radius 2 is 1.03 bits per heavy atom. The van der Waals surface area contributed by atoms with Crippen molar-refractivity contribution in [3.05, 3.63) is 103 Å². The molecule has 0 fully saturated rings. The van der Waals surface area contributed by atoms with Crippen molar-refractivity contribution in [2.45, 2.75) is 32.1 Å². The zero-order valence-electron chi connectivity index (χ0n) is 17.5. The first-order chi connectivity index (χ1) is 14.7. The molecule has 30 heavy (non-hydrogen) atoms. The number of allylic oxidation sites excluding steroid dienone is 2. The van der Waals surface area contributed by atoms with Crippen molar-refractivity contribution < 1.29 is 0 Å². The van der Waals surface area contributed by atoms with Crippen LogP contribution in [-0.2, 0) is 0 Å². The number of halogens is 2. The molecule has 0 aliphatic rings. The molecule has 0 bridgehead atoms. The third-order valence-electron chi connectivity index (χ3n) is 5.75. The molecule has 0 aliphatic heterocycles. The van der Waals surface area contributed by atoms with Gasteiger partial charge in [0.2, 0.25) is 0 Å². The van der Waals surface area contributed by atoms with Crippen LogP contribution in [0.5, 0.6) is 0 Å². The van der Waals surface area contributed by atoms with Gasteiger partial charge in [-0.3, -0.25) is 0 Å². The molecule has 0 amide bonds. The Labute approximate surface area is 195 Å². The number of alkyl halides is 1. The van der Waals surface area contributed by atoms with Crippen molar-refractivity contribution in [2.24, 2.45) is 0 Å². The van der Waals surface area contributed by atoms with Gasteiger partial charge in [0.15, 0.2) is 0 Å². The molecule has 0 heterocycles. The van der Waals surface area contributed by atoms with Crippen molar-refractivity contribution in [2.75, 3.05) is 12.0 Å². The maximum atomic E-state index is 5.79. The molecule has 0 unspecified atom stereocenters. The molecule has 0 atom stereocenters. The Morgan fingerprint density at radius 1 is 0.600 bits per heavy atom. The van der Waals surface area contributed by atoms with E-state index in [2.05, 4.69) is 119 Å². The zero-order chi connectivity index (χ0) is 21.1. The predicted octanol–water partition coefficient (Wildman–Crippen LogP) is 7.57. The van der Waals surface area contributed by atoms with Crippen molar-refractivity contribution >= 4 is 48.3 Å². The fourth-order valence-electron chi connectivity index (χ4n) is 4.08. The molecule has 0 N–H and O–H groups in total. The Hall–Kier alpha value is -1.40. The molecule has 3 aromatic rings. The van der Waals surface area contributed by atoms with Crippen LogP contribution in [0, 0.1) is 0 Å². The Balaban J connectivity index is 2.00. The maximum absolute atomic E-state index is 5.79. The Kier molecular flexibility index (Phi) is 8.75. The average molecular weight is 502 g/mol. The summed E-state index contributed by atoms with van der Waals surface area (Å²) in [5.74, 6) is 0.777. The Bertz CT molecular complexity index is 810. The monoisotopic (exact) mass is 500 g/mol. The first-order valence-corrected chi connectivity index (χ1v) is 15.8. The van der Waals surface area contributed by atoms with Crippen LogP contribution in [0.15, 0.2) is 103 Å². The average Bonchev–Trinajstić information content (AvgIpc) is 2.82.